The van der Waals surface area contributed by atoms with Gasteiger partial charge in [0.25, 0.3) is 0 Å². The van der Waals surface area contributed by atoms with Crippen molar-refractivity contribution in [3.05, 3.63) is 42.5 Å². The zero-order valence-electron chi connectivity index (χ0n) is 17.1. The lowest BCUT2D eigenvalue weighted by Gasteiger charge is -2.30. The minimum absolute atomic E-state index is 0.261. The quantitative estimate of drug-likeness (QED) is 0.668. The van der Waals surface area contributed by atoms with Crippen LogP contribution in [-0.2, 0) is 14.8 Å². The predicted molar refractivity (Wildman–Crippen MR) is 113 cm³/mol. The van der Waals surface area contributed by atoms with E-state index in [9.17, 15) is 13.2 Å². The molecule has 158 valence electrons. The molecule has 0 saturated heterocycles. The third-order valence-corrected chi connectivity index (χ3v) is 5.50. The Labute approximate surface area is 171 Å². The molecule has 8 nitrogen and oxygen atoms in total. The maximum atomic E-state index is 13.1. The van der Waals surface area contributed by atoms with Gasteiger partial charge in [-0.3, -0.25) is 9.10 Å². The molecule has 0 saturated carbocycles. The van der Waals surface area contributed by atoms with Crippen molar-refractivity contribution in [2.75, 3.05) is 37.2 Å². The third kappa shape index (κ3) is 5.32. The molecule has 0 aliphatic carbocycles. The number of sulfonamides is 1. The highest BCUT2D eigenvalue weighted by Gasteiger charge is 2.32. The molecule has 1 amide bonds. The van der Waals surface area contributed by atoms with Crippen molar-refractivity contribution in [1.29, 1.82) is 0 Å². The van der Waals surface area contributed by atoms with Gasteiger partial charge in [0.2, 0.25) is 15.9 Å². The fourth-order valence-electron chi connectivity index (χ4n) is 2.92. The van der Waals surface area contributed by atoms with Gasteiger partial charge in [0, 0.05) is 6.07 Å². The molecule has 29 heavy (non-hydrogen) atoms. The predicted octanol–water partition coefficient (Wildman–Crippen LogP) is 2.90. The lowest BCUT2D eigenvalue weighted by molar-refractivity contribution is -0.117. The van der Waals surface area contributed by atoms with E-state index in [1.807, 2.05) is 0 Å². The Kier molecular flexibility index (Phi) is 7.33. The van der Waals surface area contributed by atoms with Gasteiger partial charge in [-0.15, -0.1) is 0 Å². The van der Waals surface area contributed by atoms with Crippen LogP contribution in [0.25, 0.3) is 0 Å². The summed E-state index contributed by atoms with van der Waals surface area (Å²) in [6.45, 7) is 1.74. The molecule has 0 bridgehead atoms. The number of hydrogen-bond donors (Lipinski definition) is 1. The molecule has 0 spiro atoms. The van der Waals surface area contributed by atoms with E-state index in [-0.39, 0.29) is 6.42 Å². The van der Waals surface area contributed by atoms with Crippen LogP contribution in [0.4, 0.5) is 11.4 Å². The first kappa shape index (κ1) is 22.4. The summed E-state index contributed by atoms with van der Waals surface area (Å²) in [5.74, 6) is 1.06. The van der Waals surface area contributed by atoms with E-state index < -0.39 is 22.0 Å². The number of anilines is 2. The first-order valence-electron chi connectivity index (χ1n) is 8.91. The van der Waals surface area contributed by atoms with Crippen molar-refractivity contribution in [2.45, 2.75) is 19.4 Å². The summed E-state index contributed by atoms with van der Waals surface area (Å²) >= 11 is 0. The number of nitrogens with zero attached hydrogens (tertiary/aromatic N) is 1. The van der Waals surface area contributed by atoms with Crippen molar-refractivity contribution in [2.24, 2.45) is 0 Å². The Morgan fingerprint density at radius 2 is 1.59 bits per heavy atom. The van der Waals surface area contributed by atoms with E-state index in [0.717, 1.165) is 10.6 Å². The minimum atomic E-state index is -3.74. The summed E-state index contributed by atoms with van der Waals surface area (Å²) in [7, 11) is 0.774. The van der Waals surface area contributed by atoms with Gasteiger partial charge in [-0.05, 0) is 42.8 Å². The zero-order chi connectivity index (χ0) is 21.6. The van der Waals surface area contributed by atoms with E-state index in [2.05, 4.69) is 5.32 Å². The molecular formula is C20H26N2O6S. The topological polar surface area (TPSA) is 94.2 Å². The molecule has 0 aromatic heterocycles. The normalized spacial score (nSPS) is 12.0. The SMILES string of the molecule is CC[C@@H](C(=O)Nc1cc(OC)ccc1OC)N(c1ccc(OC)cc1)S(C)(=O)=O. The van der Waals surface area contributed by atoms with Crippen LogP contribution in [0.2, 0.25) is 0 Å². The second kappa shape index (κ2) is 9.51. The van der Waals surface area contributed by atoms with Crippen molar-refractivity contribution in [3.8, 4) is 17.2 Å². The van der Waals surface area contributed by atoms with E-state index in [1.165, 1.54) is 21.3 Å². The lowest BCUT2D eigenvalue weighted by Crippen LogP contribution is -2.47. The molecule has 2 aromatic carbocycles. The van der Waals surface area contributed by atoms with Gasteiger partial charge in [-0.1, -0.05) is 6.92 Å². The summed E-state index contributed by atoms with van der Waals surface area (Å²) < 4.78 is 41.8. The monoisotopic (exact) mass is 422 g/mol. The van der Waals surface area contributed by atoms with E-state index in [0.29, 0.717) is 28.6 Å². The molecule has 1 N–H and O–H groups in total. The number of ether oxygens (including phenoxy) is 3. The van der Waals surface area contributed by atoms with Crippen LogP contribution in [0.3, 0.4) is 0 Å². The zero-order valence-corrected chi connectivity index (χ0v) is 17.9. The number of hydrogen-bond acceptors (Lipinski definition) is 6. The minimum Gasteiger partial charge on any atom is -0.497 e. The number of amides is 1. The maximum Gasteiger partial charge on any atom is 0.248 e. The molecule has 1 atom stereocenters. The highest BCUT2D eigenvalue weighted by atomic mass is 32.2. The molecule has 2 rings (SSSR count). The van der Waals surface area contributed by atoms with Crippen molar-refractivity contribution < 1.29 is 27.4 Å². The summed E-state index contributed by atoms with van der Waals surface area (Å²) in [6, 6.07) is 10.5. The summed E-state index contributed by atoms with van der Waals surface area (Å²) in [6.07, 6.45) is 1.33. The largest absolute Gasteiger partial charge is 0.497 e. The third-order valence-electron chi connectivity index (χ3n) is 4.32. The number of rotatable bonds is 9. The van der Waals surface area contributed by atoms with Crippen LogP contribution < -0.4 is 23.8 Å². The van der Waals surface area contributed by atoms with Gasteiger partial charge in [-0.2, -0.15) is 0 Å². The first-order valence-corrected chi connectivity index (χ1v) is 10.8. The van der Waals surface area contributed by atoms with Crippen LogP contribution in [0, 0.1) is 0 Å². The van der Waals surface area contributed by atoms with Gasteiger partial charge in [0.1, 0.15) is 23.3 Å². The number of carbonyl (C=O) groups excluding carboxylic acids is 1. The van der Waals surface area contributed by atoms with Gasteiger partial charge in [0.15, 0.2) is 0 Å². The number of methoxy groups -OCH3 is 3. The van der Waals surface area contributed by atoms with Crippen molar-refractivity contribution >= 4 is 27.3 Å². The standard InChI is InChI=1S/C20H26N2O6S/c1-6-18(20(23)21-17-13-16(27-3)11-12-19(17)28-4)22(29(5,24)25)14-7-9-15(26-2)10-8-14/h7-13,18H,6H2,1-5H3,(H,21,23)/t18-/m0/s1. The molecule has 0 heterocycles. The summed E-state index contributed by atoms with van der Waals surface area (Å²) in [5.41, 5.74) is 0.756. The molecule has 9 heteroatoms. The Morgan fingerprint density at radius 3 is 2.07 bits per heavy atom. The van der Waals surface area contributed by atoms with Crippen LogP contribution in [0.5, 0.6) is 17.2 Å². The number of nitrogens with one attached hydrogen (secondary N) is 1. The Hall–Kier alpha value is -2.94. The van der Waals surface area contributed by atoms with E-state index in [4.69, 9.17) is 14.2 Å². The van der Waals surface area contributed by atoms with Crippen LogP contribution in [0.15, 0.2) is 42.5 Å². The number of carbonyl (C=O) groups is 1. The average Bonchev–Trinajstić information content (AvgIpc) is 2.70. The highest BCUT2D eigenvalue weighted by Crippen LogP contribution is 2.30. The number of benzene rings is 2. The average molecular weight is 423 g/mol. The molecule has 0 aliphatic rings. The van der Waals surface area contributed by atoms with E-state index >= 15 is 0 Å². The molecular weight excluding hydrogens is 396 g/mol. The molecule has 0 radical (unpaired) electrons. The summed E-state index contributed by atoms with van der Waals surface area (Å²) in [5, 5.41) is 2.76. The van der Waals surface area contributed by atoms with Gasteiger partial charge in [-0.25, -0.2) is 8.42 Å². The van der Waals surface area contributed by atoms with Crippen LogP contribution >= 0.6 is 0 Å². The lowest BCUT2D eigenvalue weighted by atomic mass is 10.1. The van der Waals surface area contributed by atoms with Crippen LogP contribution in [0.1, 0.15) is 13.3 Å². The molecule has 0 unspecified atom stereocenters. The van der Waals surface area contributed by atoms with Crippen molar-refractivity contribution in [1.82, 2.24) is 0 Å². The Bertz CT molecular complexity index is 944. The molecule has 0 fully saturated rings. The molecule has 0 aliphatic heterocycles. The van der Waals surface area contributed by atoms with Gasteiger partial charge >= 0.3 is 0 Å². The Morgan fingerprint density at radius 1 is 1.00 bits per heavy atom. The smallest absolute Gasteiger partial charge is 0.248 e. The Balaban J connectivity index is 2.41. The summed E-state index contributed by atoms with van der Waals surface area (Å²) in [4.78, 5) is 13.1. The van der Waals surface area contributed by atoms with E-state index in [1.54, 1.807) is 49.4 Å². The second-order valence-corrected chi connectivity index (χ2v) is 8.10. The van der Waals surface area contributed by atoms with Crippen LogP contribution in [-0.4, -0.2) is 48.0 Å². The van der Waals surface area contributed by atoms with Gasteiger partial charge in [0.05, 0.1) is 39.0 Å². The fraction of sp³-hybridized carbons (Fsp3) is 0.350. The maximum absolute atomic E-state index is 13.1. The second-order valence-electron chi connectivity index (χ2n) is 6.24. The molecule has 2 aromatic rings. The first-order chi connectivity index (χ1) is 13.7. The fourth-order valence-corrected chi connectivity index (χ4v) is 4.13. The van der Waals surface area contributed by atoms with Gasteiger partial charge < -0.3 is 19.5 Å². The van der Waals surface area contributed by atoms with Crippen molar-refractivity contribution in [3.63, 3.8) is 0 Å². The highest BCUT2D eigenvalue weighted by molar-refractivity contribution is 7.92.